The van der Waals surface area contributed by atoms with Gasteiger partial charge in [-0.25, -0.2) is 0 Å². The quantitative estimate of drug-likeness (QED) is 0.898. The van der Waals surface area contributed by atoms with Crippen LogP contribution in [0.25, 0.3) is 0 Å². The van der Waals surface area contributed by atoms with Crippen molar-refractivity contribution in [1.29, 1.82) is 0 Å². The number of fused-ring (bicyclic) bond motifs is 2. The first-order valence-electron chi connectivity index (χ1n) is 8.41. The van der Waals surface area contributed by atoms with E-state index in [4.69, 9.17) is 0 Å². The fourth-order valence-corrected chi connectivity index (χ4v) is 4.00. The number of nitrogens with zero attached hydrogens (tertiary/aromatic N) is 1. The Morgan fingerprint density at radius 2 is 1.95 bits per heavy atom. The number of benzene rings is 1. The molecule has 2 heterocycles. The molecule has 2 fully saturated rings. The summed E-state index contributed by atoms with van der Waals surface area (Å²) in [6.07, 6.45) is 7.05. The van der Waals surface area contributed by atoms with Gasteiger partial charge in [0.25, 0.3) is 0 Å². The SMILES string of the molecule is CN1C2CCCC1CC(NC(=O)CCc1ccccc1O)C2. The molecule has 3 rings (SSSR count). The van der Waals surface area contributed by atoms with E-state index in [1.54, 1.807) is 12.1 Å². The lowest BCUT2D eigenvalue weighted by Gasteiger charge is -2.47. The second kappa shape index (κ2) is 6.69. The topological polar surface area (TPSA) is 52.6 Å². The van der Waals surface area contributed by atoms with Gasteiger partial charge in [0.05, 0.1) is 0 Å². The molecule has 2 bridgehead atoms. The van der Waals surface area contributed by atoms with Gasteiger partial charge in [0.1, 0.15) is 5.75 Å². The average Bonchev–Trinajstić information content (AvgIpc) is 2.47. The summed E-state index contributed by atoms with van der Waals surface area (Å²) in [5.41, 5.74) is 0.845. The minimum atomic E-state index is 0.107. The van der Waals surface area contributed by atoms with Gasteiger partial charge in [0.15, 0.2) is 0 Å². The van der Waals surface area contributed by atoms with E-state index < -0.39 is 0 Å². The van der Waals surface area contributed by atoms with Crippen molar-refractivity contribution in [1.82, 2.24) is 10.2 Å². The van der Waals surface area contributed by atoms with Crippen molar-refractivity contribution in [3.63, 3.8) is 0 Å². The number of phenols is 1. The Hall–Kier alpha value is -1.55. The number of rotatable bonds is 4. The van der Waals surface area contributed by atoms with Crippen molar-refractivity contribution in [3.05, 3.63) is 29.8 Å². The maximum atomic E-state index is 12.2. The summed E-state index contributed by atoms with van der Waals surface area (Å²) in [6, 6.07) is 8.84. The number of hydrogen-bond donors (Lipinski definition) is 2. The fraction of sp³-hybridized carbons (Fsp3) is 0.611. The van der Waals surface area contributed by atoms with Crippen molar-refractivity contribution in [3.8, 4) is 5.75 Å². The van der Waals surface area contributed by atoms with Crippen LogP contribution in [0.3, 0.4) is 0 Å². The first kappa shape index (κ1) is 15.3. The molecule has 0 spiro atoms. The number of amides is 1. The van der Waals surface area contributed by atoms with Gasteiger partial charge in [-0.05, 0) is 50.8 Å². The maximum Gasteiger partial charge on any atom is 0.220 e. The minimum Gasteiger partial charge on any atom is -0.508 e. The van der Waals surface area contributed by atoms with Crippen LogP contribution in [0.4, 0.5) is 0 Å². The number of phenolic OH excluding ortho intramolecular Hbond substituents is 1. The lowest BCUT2D eigenvalue weighted by atomic mass is 9.82. The molecule has 0 saturated carbocycles. The maximum absolute atomic E-state index is 12.2. The molecule has 1 aromatic rings. The molecule has 2 aliphatic heterocycles. The zero-order valence-corrected chi connectivity index (χ0v) is 13.3. The molecule has 0 aromatic heterocycles. The molecule has 2 aliphatic rings. The number of para-hydroxylation sites is 1. The van der Waals surface area contributed by atoms with E-state index >= 15 is 0 Å². The van der Waals surface area contributed by atoms with Gasteiger partial charge in [-0.1, -0.05) is 24.6 Å². The largest absolute Gasteiger partial charge is 0.508 e. The van der Waals surface area contributed by atoms with Crippen molar-refractivity contribution in [2.75, 3.05) is 7.05 Å². The molecular weight excluding hydrogens is 276 g/mol. The second-order valence-electron chi connectivity index (χ2n) is 6.77. The van der Waals surface area contributed by atoms with E-state index in [1.165, 1.54) is 19.3 Å². The number of aromatic hydroxyl groups is 1. The highest BCUT2D eigenvalue weighted by Crippen LogP contribution is 2.32. The van der Waals surface area contributed by atoms with Crippen LogP contribution in [0.5, 0.6) is 5.75 Å². The Morgan fingerprint density at radius 3 is 2.64 bits per heavy atom. The Morgan fingerprint density at radius 1 is 1.27 bits per heavy atom. The van der Waals surface area contributed by atoms with Crippen molar-refractivity contribution < 1.29 is 9.90 Å². The van der Waals surface area contributed by atoms with Gasteiger partial charge in [0.2, 0.25) is 5.91 Å². The summed E-state index contributed by atoms with van der Waals surface area (Å²) in [5.74, 6) is 0.389. The van der Waals surface area contributed by atoms with Gasteiger partial charge in [-0.3, -0.25) is 4.79 Å². The van der Waals surface area contributed by atoms with Crippen LogP contribution in [0.15, 0.2) is 24.3 Å². The summed E-state index contributed by atoms with van der Waals surface area (Å²) in [5, 5.41) is 13.0. The van der Waals surface area contributed by atoms with Gasteiger partial charge in [0, 0.05) is 24.5 Å². The highest BCUT2D eigenvalue weighted by atomic mass is 16.3. The zero-order valence-electron chi connectivity index (χ0n) is 13.3. The van der Waals surface area contributed by atoms with Crippen LogP contribution < -0.4 is 5.32 Å². The number of aryl methyl sites for hydroxylation is 1. The monoisotopic (exact) mass is 302 g/mol. The van der Waals surface area contributed by atoms with Gasteiger partial charge in [-0.15, -0.1) is 0 Å². The molecular formula is C18H26N2O2. The summed E-state index contributed by atoms with van der Waals surface area (Å²) >= 11 is 0. The number of nitrogens with one attached hydrogen (secondary N) is 1. The lowest BCUT2D eigenvalue weighted by Crippen LogP contribution is -2.55. The van der Waals surface area contributed by atoms with Crippen LogP contribution >= 0.6 is 0 Å². The number of carbonyl (C=O) groups is 1. The molecule has 2 N–H and O–H groups in total. The molecule has 0 radical (unpaired) electrons. The predicted octanol–water partition coefficient (Wildman–Crippen LogP) is 2.46. The zero-order chi connectivity index (χ0) is 15.5. The summed E-state index contributed by atoms with van der Waals surface area (Å²) in [6.45, 7) is 0. The molecule has 4 nitrogen and oxygen atoms in total. The average molecular weight is 302 g/mol. The van der Waals surface area contributed by atoms with Crippen LogP contribution in [0, 0.1) is 0 Å². The third-order valence-electron chi connectivity index (χ3n) is 5.32. The highest BCUT2D eigenvalue weighted by Gasteiger charge is 2.36. The van der Waals surface area contributed by atoms with Crippen LogP contribution in [-0.2, 0) is 11.2 Å². The van der Waals surface area contributed by atoms with Crippen molar-refractivity contribution in [2.24, 2.45) is 0 Å². The first-order chi connectivity index (χ1) is 10.6. The fourth-order valence-electron chi connectivity index (χ4n) is 4.00. The molecule has 120 valence electrons. The second-order valence-corrected chi connectivity index (χ2v) is 6.77. The molecule has 4 heteroatoms. The molecule has 22 heavy (non-hydrogen) atoms. The van der Waals surface area contributed by atoms with E-state index in [-0.39, 0.29) is 11.7 Å². The molecule has 0 aliphatic carbocycles. The third-order valence-corrected chi connectivity index (χ3v) is 5.32. The Bertz CT molecular complexity index is 518. The van der Waals surface area contributed by atoms with Crippen molar-refractivity contribution in [2.45, 2.75) is 63.1 Å². The molecule has 2 atom stereocenters. The van der Waals surface area contributed by atoms with Crippen LogP contribution in [-0.4, -0.2) is 41.1 Å². The first-order valence-corrected chi connectivity index (χ1v) is 8.41. The van der Waals surface area contributed by atoms with E-state index in [2.05, 4.69) is 17.3 Å². The van der Waals surface area contributed by atoms with Crippen molar-refractivity contribution >= 4 is 5.91 Å². The van der Waals surface area contributed by atoms with Gasteiger partial charge in [-0.2, -0.15) is 0 Å². The summed E-state index contributed by atoms with van der Waals surface area (Å²) in [7, 11) is 2.23. The number of carbonyl (C=O) groups excluding carboxylic acids is 1. The van der Waals surface area contributed by atoms with Crippen LogP contribution in [0.2, 0.25) is 0 Å². The molecule has 1 aromatic carbocycles. The highest BCUT2D eigenvalue weighted by molar-refractivity contribution is 5.76. The van der Waals surface area contributed by atoms with E-state index in [0.717, 1.165) is 18.4 Å². The Kier molecular flexibility index (Phi) is 4.67. The normalized spacial score (nSPS) is 28.3. The predicted molar refractivity (Wildman–Crippen MR) is 86.8 cm³/mol. The van der Waals surface area contributed by atoms with E-state index in [1.807, 2.05) is 12.1 Å². The van der Waals surface area contributed by atoms with Gasteiger partial charge >= 0.3 is 0 Å². The van der Waals surface area contributed by atoms with E-state index in [9.17, 15) is 9.90 Å². The van der Waals surface area contributed by atoms with Crippen LogP contribution in [0.1, 0.15) is 44.1 Å². The lowest BCUT2D eigenvalue weighted by molar-refractivity contribution is -0.122. The minimum absolute atomic E-state index is 0.107. The number of piperidine rings is 2. The third kappa shape index (κ3) is 3.43. The molecule has 2 saturated heterocycles. The van der Waals surface area contributed by atoms with E-state index in [0.29, 0.717) is 31.0 Å². The number of hydrogen-bond acceptors (Lipinski definition) is 3. The standard InChI is InChI=1S/C18H26N2O2/c1-20-15-6-4-7-16(20)12-14(11-15)19-18(22)10-9-13-5-2-3-8-17(13)21/h2-3,5,8,14-16,21H,4,6-7,9-12H2,1H3,(H,19,22). The smallest absolute Gasteiger partial charge is 0.220 e. The van der Waals surface area contributed by atoms with Gasteiger partial charge < -0.3 is 15.3 Å². The Labute approximate surface area is 132 Å². The summed E-state index contributed by atoms with van der Waals surface area (Å²) < 4.78 is 0. The summed E-state index contributed by atoms with van der Waals surface area (Å²) in [4.78, 5) is 14.7. The Balaban J connectivity index is 1.49. The molecule has 2 unspecified atom stereocenters. The molecule has 1 amide bonds.